The van der Waals surface area contributed by atoms with E-state index in [1.807, 2.05) is 0 Å². The average Bonchev–Trinajstić information content (AvgIpc) is 2.95. The van der Waals surface area contributed by atoms with Gasteiger partial charge in [-0.1, -0.05) is 0 Å². The molecule has 0 spiro atoms. The minimum atomic E-state index is -0.637. The summed E-state index contributed by atoms with van der Waals surface area (Å²) in [6, 6.07) is -1.57. The highest BCUT2D eigenvalue weighted by Crippen LogP contribution is 2.20. The van der Waals surface area contributed by atoms with Crippen molar-refractivity contribution in [2.45, 2.75) is 51.7 Å². The Labute approximate surface area is 149 Å². The predicted octanol–water partition coefficient (Wildman–Crippen LogP) is 1.53. The lowest BCUT2D eigenvalue weighted by molar-refractivity contribution is -0.146. The van der Waals surface area contributed by atoms with Gasteiger partial charge < -0.3 is 15.5 Å². The van der Waals surface area contributed by atoms with Gasteiger partial charge in [-0.05, 0) is 33.6 Å². The van der Waals surface area contributed by atoms with E-state index in [4.69, 9.17) is 5.73 Å². The monoisotopic (exact) mass is 523 g/mol. The molecule has 0 aromatic rings. The normalized spacial score (nSPS) is 20.1. The molecule has 6 nitrogen and oxygen atoms in total. The van der Waals surface area contributed by atoms with Gasteiger partial charge in [0.25, 0.3) is 0 Å². The number of likely N-dealkylation sites (tertiary alicyclic amines) is 1. The Morgan fingerprint density at radius 2 is 1.81 bits per heavy atom. The lowest BCUT2D eigenvalue weighted by Crippen LogP contribution is -2.53. The van der Waals surface area contributed by atoms with Gasteiger partial charge in [-0.2, -0.15) is 0 Å². The standard InChI is InChI=1S/C13H23N3O3.I2/c1-8(14)12(18)15(4)9(2)13(19)16-7-5-6-11(16)10(3)17;1-2/h8-9,11H,5-7,14H2,1-4H3;. The van der Waals surface area contributed by atoms with Crippen molar-refractivity contribution in [1.29, 1.82) is 0 Å². The van der Waals surface area contributed by atoms with E-state index in [9.17, 15) is 14.4 Å². The zero-order chi connectivity index (χ0) is 16.7. The van der Waals surface area contributed by atoms with Crippen molar-refractivity contribution < 1.29 is 14.4 Å². The number of Topliss-reactive ketones (excluding diaryl/α,β-unsaturated/α-hetero) is 1. The molecule has 0 aromatic carbocycles. The molecule has 2 amide bonds. The third-order valence-electron chi connectivity index (χ3n) is 3.68. The molecule has 8 heteroatoms. The van der Waals surface area contributed by atoms with Gasteiger partial charge in [-0.3, -0.25) is 14.4 Å². The fourth-order valence-corrected chi connectivity index (χ4v) is 2.37. The summed E-state index contributed by atoms with van der Waals surface area (Å²) >= 11 is 4.24. The fraction of sp³-hybridized carbons (Fsp3) is 0.769. The largest absolute Gasteiger partial charge is 0.333 e. The van der Waals surface area contributed by atoms with Crippen LogP contribution < -0.4 is 5.73 Å². The molecule has 0 aliphatic carbocycles. The minimum Gasteiger partial charge on any atom is -0.333 e. The van der Waals surface area contributed by atoms with E-state index in [1.54, 1.807) is 25.8 Å². The fourth-order valence-electron chi connectivity index (χ4n) is 2.37. The van der Waals surface area contributed by atoms with Crippen LogP contribution in [0.1, 0.15) is 33.6 Å². The summed E-state index contributed by atoms with van der Waals surface area (Å²) in [6.45, 7) is 5.33. The second kappa shape index (κ2) is 9.93. The van der Waals surface area contributed by atoms with E-state index < -0.39 is 12.1 Å². The number of ketones is 1. The number of nitrogens with two attached hydrogens (primary N) is 1. The van der Waals surface area contributed by atoms with Crippen LogP contribution in [0.5, 0.6) is 0 Å². The number of carbonyl (C=O) groups excluding carboxylic acids is 3. The summed E-state index contributed by atoms with van der Waals surface area (Å²) in [7, 11) is 1.56. The molecule has 1 heterocycles. The molecule has 1 aliphatic heterocycles. The maximum Gasteiger partial charge on any atom is 0.245 e. The molecule has 0 radical (unpaired) electrons. The second-order valence-electron chi connectivity index (χ2n) is 5.21. The first-order valence-corrected chi connectivity index (χ1v) is 13.0. The molecule has 122 valence electrons. The van der Waals surface area contributed by atoms with Crippen molar-refractivity contribution in [3.05, 3.63) is 0 Å². The van der Waals surface area contributed by atoms with Gasteiger partial charge >= 0.3 is 0 Å². The highest BCUT2D eigenvalue weighted by atomic mass is 128. The number of nitrogens with zero attached hydrogens (tertiary/aromatic N) is 2. The van der Waals surface area contributed by atoms with Gasteiger partial charge in [0.2, 0.25) is 11.8 Å². The van der Waals surface area contributed by atoms with Crippen LogP contribution in [0, 0.1) is 0 Å². The molecule has 1 fully saturated rings. The topological polar surface area (TPSA) is 83.7 Å². The SMILES string of the molecule is CC(=O)C1CCCN1C(=O)C(C)N(C)C(=O)C(C)N.II. The van der Waals surface area contributed by atoms with Crippen LogP contribution in [0.25, 0.3) is 0 Å². The number of rotatable bonds is 4. The summed E-state index contributed by atoms with van der Waals surface area (Å²) in [6.07, 6.45) is 1.53. The molecule has 2 N–H and O–H groups in total. The van der Waals surface area contributed by atoms with E-state index in [0.717, 1.165) is 6.42 Å². The van der Waals surface area contributed by atoms with Crippen molar-refractivity contribution in [2.75, 3.05) is 13.6 Å². The van der Waals surface area contributed by atoms with Crippen molar-refractivity contribution in [1.82, 2.24) is 9.80 Å². The van der Waals surface area contributed by atoms with Crippen LogP contribution >= 0.6 is 37.2 Å². The van der Waals surface area contributed by atoms with Crippen LogP contribution in [0.3, 0.4) is 0 Å². The second-order valence-corrected chi connectivity index (χ2v) is 5.21. The van der Waals surface area contributed by atoms with E-state index >= 15 is 0 Å². The summed E-state index contributed by atoms with van der Waals surface area (Å²) in [5.41, 5.74) is 5.53. The van der Waals surface area contributed by atoms with Gasteiger partial charge in [0.05, 0.1) is 12.1 Å². The predicted molar refractivity (Wildman–Crippen MR) is 99.3 cm³/mol. The zero-order valence-corrected chi connectivity index (χ0v) is 17.1. The summed E-state index contributed by atoms with van der Waals surface area (Å²) in [4.78, 5) is 38.6. The van der Waals surface area contributed by atoms with Crippen LogP contribution in [0.2, 0.25) is 0 Å². The Morgan fingerprint density at radius 1 is 1.29 bits per heavy atom. The number of likely N-dealkylation sites (N-methyl/N-ethyl adjacent to an activating group) is 1. The number of hydrogen-bond donors (Lipinski definition) is 1. The van der Waals surface area contributed by atoms with Crippen molar-refractivity contribution in [3.8, 4) is 0 Å². The Bertz CT molecular complexity index is 391. The molecular formula is C13H23I2N3O3. The summed E-state index contributed by atoms with van der Waals surface area (Å²) in [5, 5.41) is 0. The number of halogens is 2. The highest BCUT2D eigenvalue weighted by molar-refractivity contribution is 15.0. The number of hydrogen-bond acceptors (Lipinski definition) is 4. The first kappa shape index (κ1) is 21.0. The van der Waals surface area contributed by atoms with Gasteiger partial charge in [-0.15, -0.1) is 0 Å². The Balaban J connectivity index is 0.00000191. The first-order chi connectivity index (χ1) is 9.77. The van der Waals surface area contributed by atoms with Gasteiger partial charge in [0, 0.05) is 50.8 Å². The van der Waals surface area contributed by atoms with Gasteiger partial charge in [0.15, 0.2) is 5.78 Å². The van der Waals surface area contributed by atoms with Crippen molar-refractivity contribution >= 4 is 54.8 Å². The molecule has 0 saturated carbocycles. The Kier molecular flexibility index (Phi) is 9.94. The quantitative estimate of drug-likeness (QED) is 0.568. The molecule has 21 heavy (non-hydrogen) atoms. The minimum absolute atomic E-state index is 0.000720. The van der Waals surface area contributed by atoms with E-state index in [-0.39, 0.29) is 23.6 Å². The Hall–Kier alpha value is 0.0300. The molecule has 1 saturated heterocycles. The maximum absolute atomic E-state index is 12.4. The van der Waals surface area contributed by atoms with Crippen LogP contribution in [-0.4, -0.2) is 59.1 Å². The zero-order valence-electron chi connectivity index (χ0n) is 12.8. The highest BCUT2D eigenvalue weighted by Gasteiger charge is 2.36. The van der Waals surface area contributed by atoms with E-state index in [0.29, 0.717) is 13.0 Å². The van der Waals surface area contributed by atoms with E-state index in [1.165, 1.54) is 11.8 Å². The Morgan fingerprint density at radius 3 is 2.24 bits per heavy atom. The lowest BCUT2D eigenvalue weighted by Gasteiger charge is -2.31. The molecular weight excluding hydrogens is 500 g/mol. The smallest absolute Gasteiger partial charge is 0.245 e. The maximum atomic E-state index is 12.4. The molecule has 0 bridgehead atoms. The first-order valence-electron chi connectivity index (χ1n) is 6.74. The van der Waals surface area contributed by atoms with Crippen LogP contribution in [0.15, 0.2) is 0 Å². The van der Waals surface area contributed by atoms with Gasteiger partial charge in [-0.25, -0.2) is 0 Å². The van der Waals surface area contributed by atoms with Crippen LogP contribution in [-0.2, 0) is 14.4 Å². The molecule has 3 unspecified atom stereocenters. The van der Waals surface area contributed by atoms with Crippen LogP contribution in [0.4, 0.5) is 0 Å². The average molecular weight is 523 g/mol. The van der Waals surface area contributed by atoms with E-state index in [2.05, 4.69) is 37.2 Å². The molecule has 1 rings (SSSR count). The third-order valence-corrected chi connectivity index (χ3v) is 3.68. The molecule has 0 aromatic heterocycles. The van der Waals surface area contributed by atoms with Crippen molar-refractivity contribution in [3.63, 3.8) is 0 Å². The lowest BCUT2D eigenvalue weighted by atomic mass is 10.1. The molecule has 1 aliphatic rings. The summed E-state index contributed by atoms with van der Waals surface area (Å²) in [5.74, 6) is -0.465. The number of amides is 2. The number of carbonyl (C=O) groups is 3. The van der Waals surface area contributed by atoms with Gasteiger partial charge in [0.1, 0.15) is 6.04 Å². The summed E-state index contributed by atoms with van der Waals surface area (Å²) < 4.78 is 0. The third kappa shape index (κ3) is 5.62. The van der Waals surface area contributed by atoms with Crippen molar-refractivity contribution in [2.24, 2.45) is 5.73 Å². The molecule has 3 atom stereocenters.